The van der Waals surface area contributed by atoms with Crippen LogP contribution in [0.25, 0.3) is 0 Å². The molecule has 0 radical (unpaired) electrons. The summed E-state index contributed by atoms with van der Waals surface area (Å²) in [4.78, 5) is 31.1. The lowest BCUT2D eigenvalue weighted by molar-refractivity contribution is -0.175. The molecule has 2 N–H and O–H groups in total. The number of hydrogen-bond donors (Lipinski definition) is 2. The van der Waals surface area contributed by atoms with Crippen LogP contribution in [0.1, 0.15) is 84.5 Å². The van der Waals surface area contributed by atoms with Gasteiger partial charge in [-0.05, 0) is 6.42 Å². The lowest BCUT2D eigenvalue weighted by atomic mass is 9.82. The second-order valence-corrected chi connectivity index (χ2v) is 6.44. The Kier molecular flexibility index (Phi) is 11.9. The van der Waals surface area contributed by atoms with Crippen LogP contribution < -0.4 is 0 Å². The van der Waals surface area contributed by atoms with E-state index in [0.717, 1.165) is 19.3 Å². The summed E-state index contributed by atoms with van der Waals surface area (Å²) < 4.78 is 5.16. The molecule has 2 atom stereocenters. The summed E-state index contributed by atoms with van der Waals surface area (Å²) >= 11 is 0. The number of hydrogen-bond acceptors (Lipinski definition) is 4. The van der Waals surface area contributed by atoms with Crippen molar-refractivity contribution in [1.29, 1.82) is 0 Å². The predicted octanol–water partition coefficient (Wildman–Crippen LogP) is 4.01. The third kappa shape index (κ3) is 7.79. The molecule has 0 saturated carbocycles. The first kappa shape index (κ1) is 22.4. The highest BCUT2D eigenvalue weighted by Gasteiger charge is 2.51. The maximum atomic E-state index is 11.5. The summed E-state index contributed by atoms with van der Waals surface area (Å²) in [5.41, 5.74) is -1.27. The molecule has 0 aromatic carbocycles. The summed E-state index contributed by atoms with van der Waals surface area (Å²) in [6.07, 6.45) is 11.2. The van der Waals surface area contributed by atoms with Crippen molar-refractivity contribution in [3.8, 4) is 0 Å². The van der Waals surface area contributed by atoms with E-state index in [1.807, 2.05) is 6.92 Å². The molecule has 1 aliphatic heterocycles. The second kappa shape index (κ2) is 12.8. The third-order valence-electron chi connectivity index (χ3n) is 4.65. The molecule has 1 rings (SSSR count). The van der Waals surface area contributed by atoms with E-state index in [4.69, 9.17) is 14.6 Å². The van der Waals surface area contributed by atoms with Crippen LogP contribution in [-0.2, 0) is 19.1 Å². The predicted molar refractivity (Wildman–Crippen MR) is 90.8 cm³/mol. The summed E-state index contributed by atoms with van der Waals surface area (Å²) in [6, 6.07) is 0. The van der Waals surface area contributed by atoms with E-state index in [1.165, 1.54) is 38.5 Å². The molecule has 24 heavy (non-hydrogen) atoms. The molecule has 140 valence electrons. The smallest absolute Gasteiger partial charge is 0.348 e. The Hall–Kier alpha value is -1.59. The minimum atomic E-state index is -1.27. The summed E-state index contributed by atoms with van der Waals surface area (Å²) in [6.45, 7) is 3.86. The van der Waals surface area contributed by atoms with E-state index in [-0.39, 0.29) is 24.8 Å². The van der Waals surface area contributed by atoms with Crippen LogP contribution in [0.3, 0.4) is 0 Å². The Morgan fingerprint density at radius 3 is 2.12 bits per heavy atom. The monoisotopic (exact) mass is 344 g/mol. The first-order valence-electron chi connectivity index (χ1n) is 8.97. The van der Waals surface area contributed by atoms with E-state index in [1.54, 1.807) is 0 Å². The first-order chi connectivity index (χ1) is 11.4. The van der Waals surface area contributed by atoms with Crippen molar-refractivity contribution in [2.24, 2.45) is 5.92 Å². The van der Waals surface area contributed by atoms with Crippen molar-refractivity contribution in [3.63, 3.8) is 0 Å². The van der Waals surface area contributed by atoms with Crippen LogP contribution in [0.4, 0.5) is 0 Å². The van der Waals surface area contributed by atoms with Crippen LogP contribution in [0.2, 0.25) is 0 Å². The molecular formula is C18H32O6. The number of esters is 1. The Labute approximate surface area is 144 Å². The van der Waals surface area contributed by atoms with Gasteiger partial charge in [-0.2, -0.15) is 0 Å². The van der Waals surface area contributed by atoms with Gasteiger partial charge >= 0.3 is 11.9 Å². The van der Waals surface area contributed by atoms with Gasteiger partial charge in [0.25, 0.3) is 6.47 Å². The van der Waals surface area contributed by atoms with E-state index in [2.05, 4.69) is 6.92 Å². The quantitative estimate of drug-likeness (QED) is 0.333. The highest BCUT2D eigenvalue weighted by Crippen LogP contribution is 2.36. The largest absolute Gasteiger partial charge is 0.483 e. The van der Waals surface area contributed by atoms with Gasteiger partial charge in [-0.25, -0.2) is 4.79 Å². The lowest BCUT2D eigenvalue weighted by Crippen LogP contribution is -2.44. The normalized spacial score (nSPS) is 20.7. The van der Waals surface area contributed by atoms with Crippen molar-refractivity contribution < 1.29 is 29.3 Å². The minimum Gasteiger partial charge on any atom is -0.483 e. The third-order valence-corrected chi connectivity index (χ3v) is 4.65. The zero-order valence-electron chi connectivity index (χ0n) is 15.0. The van der Waals surface area contributed by atoms with Crippen LogP contribution in [0, 0.1) is 5.92 Å². The molecule has 0 aliphatic carbocycles. The van der Waals surface area contributed by atoms with Gasteiger partial charge in [0.1, 0.15) is 0 Å². The SMILES string of the molecule is CCCCCCCCCCC(C)C1(C(=O)O)CCC(=O)O1.O=CO. The number of rotatable bonds is 11. The van der Waals surface area contributed by atoms with Crippen molar-refractivity contribution >= 4 is 18.4 Å². The number of carboxylic acids is 1. The number of carbonyl (C=O) groups excluding carboxylic acids is 1. The van der Waals surface area contributed by atoms with Crippen LogP contribution in [0.15, 0.2) is 0 Å². The maximum absolute atomic E-state index is 11.5. The molecule has 0 bridgehead atoms. The standard InChI is InChI=1S/C17H30O4.CH2O2/c1-3-4-5-6-7-8-9-10-11-14(2)17(16(19)20)13-12-15(18)21-17;2-1-3/h14H,3-13H2,1-2H3,(H,19,20);1H,(H,2,3). The molecule has 1 fully saturated rings. The Morgan fingerprint density at radius 2 is 1.71 bits per heavy atom. The highest BCUT2D eigenvalue weighted by molar-refractivity contribution is 5.85. The number of cyclic esters (lactones) is 1. The van der Waals surface area contributed by atoms with Gasteiger partial charge in [0, 0.05) is 18.8 Å². The molecule has 0 spiro atoms. The highest BCUT2D eigenvalue weighted by atomic mass is 16.6. The van der Waals surface area contributed by atoms with Gasteiger partial charge < -0.3 is 14.9 Å². The zero-order valence-corrected chi connectivity index (χ0v) is 15.0. The van der Waals surface area contributed by atoms with E-state index < -0.39 is 11.6 Å². The van der Waals surface area contributed by atoms with Gasteiger partial charge in [0.15, 0.2) is 0 Å². The van der Waals surface area contributed by atoms with Crippen LogP contribution in [0.5, 0.6) is 0 Å². The van der Waals surface area contributed by atoms with Gasteiger partial charge in [-0.15, -0.1) is 0 Å². The fourth-order valence-corrected chi connectivity index (χ4v) is 3.12. The number of carboxylic acid groups (broad SMARTS) is 2. The molecule has 6 nitrogen and oxygen atoms in total. The van der Waals surface area contributed by atoms with E-state index in [9.17, 15) is 14.7 Å². The zero-order chi connectivity index (χ0) is 18.4. The van der Waals surface area contributed by atoms with Crippen LogP contribution >= 0.6 is 0 Å². The van der Waals surface area contributed by atoms with Gasteiger partial charge in [-0.3, -0.25) is 9.59 Å². The summed E-state index contributed by atoms with van der Waals surface area (Å²) in [5, 5.41) is 16.3. The lowest BCUT2D eigenvalue weighted by Gasteiger charge is -2.29. The molecule has 1 aliphatic rings. The Bertz CT molecular complexity index is 382. The second-order valence-electron chi connectivity index (χ2n) is 6.44. The molecule has 0 aromatic heterocycles. The van der Waals surface area contributed by atoms with Gasteiger partial charge in [0.2, 0.25) is 5.60 Å². The fraction of sp³-hybridized carbons (Fsp3) is 0.833. The first-order valence-corrected chi connectivity index (χ1v) is 8.97. The number of ether oxygens (including phenoxy) is 1. The fourth-order valence-electron chi connectivity index (χ4n) is 3.12. The molecule has 6 heteroatoms. The maximum Gasteiger partial charge on any atom is 0.348 e. The topological polar surface area (TPSA) is 101 Å². The average Bonchev–Trinajstić information content (AvgIpc) is 2.94. The van der Waals surface area contributed by atoms with Gasteiger partial charge in [-0.1, -0.05) is 65.2 Å². The van der Waals surface area contributed by atoms with Gasteiger partial charge in [0.05, 0.1) is 0 Å². The van der Waals surface area contributed by atoms with Crippen molar-refractivity contribution in [2.75, 3.05) is 0 Å². The molecule has 1 heterocycles. The van der Waals surface area contributed by atoms with Crippen molar-refractivity contribution in [1.82, 2.24) is 0 Å². The van der Waals surface area contributed by atoms with Crippen molar-refractivity contribution in [3.05, 3.63) is 0 Å². The van der Waals surface area contributed by atoms with Crippen molar-refractivity contribution in [2.45, 2.75) is 90.1 Å². The summed E-state index contributed by atoms with van der Waals surface area (Å²) in [7, 11) is 0. The van der Waals surface area contributed by atoms with E-state index in [0.29, 0.717) is 6.42 Å². The molecule has 2 unspecified atom stereocenters. The minimum absolute atomic E-state index is 0.110. The van der Waals surface area contributed by atoms with E-state index >= 15 is 0 Å². The molecule has 0 amide bonds. The molecule has 1 saturated heterocycles. The number of unbranched alkanes of at least 4 members (excludes halogenated alkanes) is 7. The number of aliphatic carboxylic acids is 1. The average molecular weight is 344 g/mol. The van der Waals surface area contributed by atoms with Crippen LogP contribution in [-0.4, -0.2) is 34.2 Å². The molecular weight excluding hydrogens is 312 g/mol. The molecule has 0 aromatic rings. The Balaban J connectivity index is 0.00000163. The number of carbonyl (C=O) groups is 3. The summed E-state index contributed by atoms with van der Waals surface area (Å²) in [5.74, 6) is -1.47. The Morgan fingerprint density at radius 1 is 1.21 bits per heavy atom.